The summed E-state index contributed by atoms with van der Waals surface area (Å²) < 4.78 is 49.5. The first-order chi connectivity index (χ1) is 31.3. The largest absolute Gasteiger partial charge is 0.501 e. The van der Waals surface area contributed by atoms with Crippen LogP contribution in [0.15, 0.2) is 138 Å². The maximum absolute atomic E-state index is 8.55. The number of aryl methyl sites for hydroxylation is 1. The number of aromatic nitrogens is 3. The molecule has 0 aliphatic carbocycles. The van der Waals surface area contributed by atoms with E-state index in [-0.39, 0.29) is 43.4 Å². The molecule has 0 N–H and O–H groups in total. The fraction of sp³-hybridized carbons (Fsp3) is 0.250. The van der Waals surface area contributed by atoms with Crippen molar-refractivity contribution < 1.29 is 31.4 Å². The Kier molecular flexibility index (Phi) is 11.4. The van der Waals surface area contributed by atoms with Crippen LogP contribution in [0.5, 0.6) is 0 Å². The summed E-state index contributed by atoms with van der Waals surface area (Å²) in [5, 5.41) is 2.87. The monoisotopic (exact) mass is 1010 g/mol. The molecule has 3 aromatic heterocycles. The summed E-state index contributed by atoms with van der Waals surface area (Å²) in [5.41, 5.74) is 12.5. The van der Waals surface area contributed by atoms with Crippen LogP contribution in [-0.2, 0) is 26.5 Å². The van der Waals surface area contributed by atoms with E-state index in [0.717, 1.165) is 60.9 Å². The second kappa shape index (κ2) is 18.5. The average molecular weight is 1010 g/mol. The minimum atomic E-state index is -2.22. The molecule has 0 saturated heterocycles. The van der Waals surface area contributed by atoms with Crippen LogP contribution in [0.2, 0.25) is 19.6 Å². The van der Waals surface area contributed by atoms with Gasteiger partial charge in [0, 0.05) is 44.2 Å². The summed E-state index contributed by atoms with van der Waals surface area (Å²) in [6, 6.07) is 48.7. The standard InChI is InChI=1S/C38H33N2O.C18H24NSi.Ir/c1-23(2)31-21-27(26-12-7-6-8-13-26)22-32(24(3)4)36(31)40-34-17-10-9-16-33(34)39-38(40)30-15-11-14-29-28-19-18-25(5)20-35(28)41-37(29)30;1-14(2)11-16-12-17(15-9-7-6-8-10-15)19-13-18(16)20(3,4)5;/h6-14,16-24H,1-5H3;6-9,12-14H,11H2,1-5H3;/q2*-1;/i5D3;11D2;. The molecule has 1 radical (unpaired) electrons. The van der Waals surface area contributed by atoms with Gasteiger partial charge in [0.25, 0.3) is 0 Å². The molecule has 6 heteroatoms. The molecule has 9 rings (SSSR count). The Bertz CT molecular complexity index is 3160. The number of nitrogens with zero attached hydrogens (tertiary/aromatic N) is 3. The Hall–Kier alpha value is -5.39. The molecular formula is C56H57IrN3OSi-2. The summed E-state index contributed by atoms with van der Waals surface area (Å²) >= 11 is 0. The molecule has 62 heavy (non-hydrogen) atoms. The van der Waals surface area contributed by atoms with Crippen LogP contribution in [-0.4, -0.2) is 22.6 Å². The zero-order valence-electron chi connectivity index (χ0n) is 42.0. The zero-order chi connectivity index (χ0) is 47.3. The van der Waals surface area contributed by atoms with Gasteiger partial charge in [-0.2, -0.15) is 0 Å². The Labute approximate surface area is 389 Å². The predicted octanol–water partition coefficient (Wildman–Crippen LogP) is 14.9. The van der Waals surface area contributed by atoms with E-state index >= 15 is 0 Å². The van der Waals surface area contributed by atoms with E-state index in [4.69, 9.17) is 16.3 Å². The Balaban J connectivity index is 0.000000245. The Morgan fingerprint density at radius 3 is 2.11 bits per heavy atom. The van der Waals surface area contributed by atoms with E-state index in [1.54, 1.807) is 12.1 Å². The van der Waals surface area contributed by atoms with E-state index in [2.05, 4.69) is 118 Å². The third kappa shape index (κ3) is 9.06. The second-order valence-electron chi connectivity index (χ2n) is 17.8. The van der Waals surface area contributed by atoms with Gasteiger partial charge in [-0.3, -0.25) is 4.98 Å². The van der Waals surface area contributed by atoms with Crippen molar-refractivity contribution in [2.24, 2.45) is 5.92 Å². The van der Waals surface area contributed by atoms with Crippen molar-refractivity contribution in [2.75, 3.05) is 0 Å². The van der Waals surface area contributed by atoms with Crippen LogP contribution in [0.1, 0.15) is 82.5 Å². The minimum Gasteiger partial charge on any atom is -0.501 e. The molecule has 0 fully saturated rings. The summed E-state index contributed by atoms with van der Waals surface area (Å²) in [7, 11) is -1.67. The maximum Gasteiger partial charge on any atom is 0.121 e. The summed E-state index contributed by atoms with van der Waals surface area (Å²) in [4.78, 5) is 9.79. The molecule has 0 bridgehead atoms. The normalized spacial score (nSPS) is 13.4. The SMILES string of the molecule is [2H]C([2H])([2H])c1ccc2c(c1)oc1c(-c3nc4ccccc4n3-c3c(C(C)C)cc(-c4ccccc4)cc3C(C)C)[c-]ccc12.[2H]C([2H])(c1cc(-c2[c-]cccc2)ncc1[Si](C)(C)C)C(C)C.[Ir]. The van der Waals surface area contributed by atoms with Crippen LogP contribution in [0.25, 0.3) is 72.4 Å². The van der Waals surface area contributed by atoms with Crippen molar-refractivity contribution in [1.82, 2.24) is 14.5 Å². The van der Waals surface area contributed by atoms with Gasteiger partial charge >= 0.3 is 0 Å². The zero-order valence-corrected chi connectivity index (χ0v) is 40.4. The molecule has 0 aliphatic heterocycles. The van der Waals surface area contributed by atoms with Gasteiger partial charge in [0.05, 0.1) is 30.5 Å². The van der Waals surface area contributed by atoms with Crippen molar-refractivity contribution in [3.8, 4) is 39.5 Å². The van der Waals surface area contributed by atoms with E-state index in [0.29, 0.717) is 11.2 Å². The molecule has 0 spiro atoms. The maximum atomic E-state index is 8.55. The molecule has 0 aliphatic rings. The number of imidazole rings is 1. The molecule has 0 saturated carbocycles. The van der Waals surface area contributed by atoms with E-state index in [9.17, 15) is 0 Å². The summed E-state index contributed by atoms with van der Waals surface area (Å²) in [6.45, 7) is 17.3. The van der Waals surface area contributed by atoms with E-state index in [1.807, 2.05) is 86.8 Å². The number of hydrogen-bond donors (Lipinski definition) is 0. The van der Waals surface area contributed by atoms with Crippen LogP contribution >= 0.6 is 0 Å². The van der Waals surface area contributed by atoms with Gasteiger partial charge in [-0.1, -0.05) is 138 Å². The molecule has 317 valence electrons. The first-order valence-corrected chi connectivity index (χ1v) is 24.8. The van der Waals surface area contributed by atoms with Crippen LogP contribution in [0.4, 0.5) is 0 Å². The third-order valence-corrected chi connectivity index (χ3v) is 13.1. The van der Waals surface area contributed by atoms with Gasteiger partial charge in [-0.05, 0) is 100 Å². The average Bonchev–Trinajstić information content (AvgIpc) is 3.87. The Morgan fingerprint density at radius 2 is 1.45 bits per heavy atom. The summed E-state index contributed by atoms with van der Waals surface area (Å²) in [5.74, 6) is 1.13. The van der Waals surface area contributed by atoms with Crippen molar-refractivity contribution in [3.63, 3.8) is 0 Å². The third-order valence-electron chi connectivity index (χ3n) is 11.1. The van der Waals surface area contributed by atoms with Crippen molar-refractivity contribution >= 4 is 46.2 Å². The molecule has 3 heterocycles. The number of rotatable bonds is 9. The van der Waals surface area contributed by atoms with Crippen LogP contribution in [0.3, 0.4) is 0 Å². The van der Waals surface area contributed by atoms with Crippen LogP contribution in [0, 0.1) is 24.9 Å². The molecule has 0 atom stereocenters. The topological polar surface area (TPSA) is 43.9 Å². The minimum absolute atomic E-state index is 0. The number of fused-ring (bicyclic) bond motifs is 4. The molecule has 0 amide bonds. The Morgan fingerprint density at radius 1 is 0.742 bits per heavy atom. The van der Waals surface area contributed by atoms with Gasteiger partial charge in [-0.25, -0.2) is 0 Å². The number of pyridine rings is 1. The molecule has 4 nitrogen and oxygen atoms in total. The number of hydrogen-bond acceptors (Lipinski definition) is 3. The van der Waals surface area contributed by atoms with Gasteiger partial charge in [0.1, 0.15) is 5.58 Å². The van der Waals surface area contributed by atoms with Crippen molar-refractivity contribution in [2.45, 2.75) is 86.2 Å². The van der Waals surface area contributed by atoms with Gasteiger partial charge in [0.2, 0.25) is 0 Å². The fourth-order valence-corrected chi connectivity index (χ4v) is 9.53. The number of furan rings is 1. The quantitative estimate of drug-likeness (QED) is 0.107. The first kappa shape index (κ1) is 38.3. The van der Waals surface area contributed by atoms with Gasteiger partial charge in [-0.15, -0.1) is 54.1 Å². The second-order valence-corrected chi connectivity index (χ2v) is 22.8. The predicted molar refractivity (Wildman–Crippen MR) is 261 cm³/mol. The van der Waals surface area contributed by atoms with Gasteiger partial charge < -0.3 is 14.0 Å². The molecule has 6 aromatic carbocycles. The molecule has 9 aromatic rings. The number of para-hydroxylation sites is 2. The smallest absolute Gasteiger partial charge is 0.121 e. The van der Waals surface area contributed by atoms with Crippen molar-refractivity contribution in [1.29, 1.82) is 0 Å². The molecule has 0 unspecified atom stereocenters. The van der Waals surface area contributed by atoms with Crippen LogP contribution < -0.4 is 5.19 Å². The fourth-order valence-electron chi connectivity index (χ4n) is 8.13. The van der Waals surface area contributed by atoms with Gasteiger partial charge in [0.15, 0.2) is 0 Å². The van der Waals surface area contributed by atoms with E-state index < -0.39 is 21.3 Å². The summed E-state index contributed by atoms with van der Waals surface area (Å²) in [6.07, 6.45) is 0.528. The molecular weight excluding hydrogens is 951 g/mol. The van der Waals surface area contributed by atoms with Crippen molar-refractivity contribution in [3.05, 3.63) is 168 Å². The number of benzene rings is 6. The first-order valence-electron chi connectivity index (χ1n) is 23.8. The van der Waals surface area contributed by atoms with E-state index in [1.165, 1.54) is 22.3 Å².